The van der Waals surface area contributed by atoms with Crippen molar-refractivity contribution in [1.29, 1.82) is 0 Å². The first-order chi connectivity index (χ1) is 10.3. The molecule has 0 aliphatic rings. The van der Waals surface area contributed by atoms with Crippen LogP contribution >= 0.6 is 0 Å². The Morgan fingerprint density at radius 1 is 1.10 bits per heavy atom. The lowest BCUT2D eigenvalue weighted by atomic mass is 10.1. The molecule has 0 bridgehead atoms. The van der Waals surface area contributed by atoms with Gasteiger partial charge < -0.3 is 4.74 Å². The van der Waals surface area contributed by atoms with Gasteiger partial charge in [-0.3, -0.25) is 4.99 Å². The highest BCUT2D eigenvalue weighted by Gasteiger charge is 2.10. The van der Waals surface area contributed by atoms with E-state index >= 15 is 0 Å². The molecule has 0 aromatic heterocycles. The fourth-order valence-electron chi connectivity index (χ4n) is 2.01. The number of aryl methyl sites for hydroxylation is 1. The number of nitrogens with zero attached hydrogens (tertiary/aromatic N) is 1. The zero-order valence-corrected chi connectivity index (χ0v) is 12.2. The van der Waals surface area contributed by atoms with Crippen molar-refractivity contribution in [2.75, 3.05) is 13.2 Å². The number of rotatable bonds is 6. The maximum absolute atomic E-state index is 12.0. The Morgan fingerprint density at radius 2 is 1.81 bits per heavy atom. The molecule has 2 aromatic rings. The summed E-state index contributed by atoms with van der Waals surface area (Å²) in [6.07, 6.45) is 2.60. The molecule has 3 heteroatoms. The Hall–Kier alpha value is -2.42. The van der Waals surface area contributed by atoms with E-state index in [4.69, 9.17) is 4.74 Å². The van der Waals surface area contributed by atoms with Gasteiger partial charge in [0.25, 0.3) is 0 Å². The van der Waals surface area contributed by atoms with Crippen LogP contribution in [0.5, 0.6) is 0 Å². The van der Waals surface area contributed by atoms with Gasteiger partial charge in [0.05, 0.1) is 12.1 Å². The van der Waals surface area contributed by atoms with E-state index in [0.29, 0.717) is 18.7 Å². The number of hydrogen-bond acceptors (Lipinski definition) is 3. The van der Waals surface area contributed by atoms with E-state index in [1.54, 1.807) is 12.3 Å². The van der Waals surface area contributed by atoms with Gasteiger partial charge >= 0.3 is 5.97 Å². The van der Waals surface area contributed by atoms with Crippen LogP contribution in [-0.2, 0) is 11.2 Å². The van der Waals surface area contributed by atoms with Crippen LogP contribution in [-0.4, -0.2) is 25.3 Å². The first-order valence-corrected chi connectivity index (χ1v) is 7.11. The molecule has 0 saturated heterocycles. The first-order valence-electron chi connectivity index (χ1n) is 7.11. The van der Waals surface area contributed by atoms with Crippen LogP contribution in [0.2, 0.25) is 0 Å². The summed E-state index contributed by atoms with van der Waals surface area (Å²) in [5.74, 6) is -0.276. The number of esters is 1. The van der Waals surface area contributed by atoms with Crippen LogP contribution in [0.25, 0.3) is 0 Å². The second-order valence-corrected chi connectivity index (χ2v) is 4.59. The van der Waals surface area contributed by atoms with Gasteiger partial charge in [-0.05, 0) is 23.6 Å². The summed E-state index contributed by atoms with van der Waals surface area (Å²) in [7, 11) is 0. The summed E-state index contributed by atoms with van der Waals surface area (Å²) >= 11 is 0. The third kappa shape index (κ3) is 4.56. The molecule has 0 N–H and O–H groups in total. The Balaban J connectivity index is 1.81. The predicted octanol–water partition coefficient (Wildman–Crippen LogP) is 3.52. The zero-order chi connectivity index (χ0) is 14.9. The SMILES string of the molecule is CCc1ccccc1C(=O)OCCN=Cc1ccccc1. The number of ether oxygens (including phenoxy) is 1. The second kappa shape index (κ2) is 8.00. The van der Waals surface area contributed by atoms with Gasteiger partial charge in [0, 0.05) is 6.21 Å². The van der Waals surface area contributed by atoms with E-state index in [1.807, 2.05) is 55.5 Å². The van der Waals surface area contributed by atoms with Gasteiger partial charge in [0.1, 0.15) is 6.61 Å². The van der Waals surface area contributed by atoms with E-state index < -0.39 is 0 Å². The Bertz CT molecular complexity index is 606. The molecule has 0 aliphatic heterocycles. The topological polar surface area (TPSA) is 38.7 Å². The lowest BCUT2D eigenvalue weighted by Gasteiger charge is -2.07. The van der Waals surface area contributed by atoms with Crippen molar-refractivity contribution in [2.24, 2.45) is 4.99 Å². The standard InChI is InChI=1S/C18H19NO2/c1-2-16-10-6-7-11-17(16)18(20)21-13-12-19-14-15-8-4-3-5-9-15/h3-11,14H,2,12-13H2,1H3. The van der Waals surface area contributed by atoms with Crippen molar-refractivity contribution in [2.45, 2.75) is 13.3 Å². The Morgan fingerprint density at radius 3 is 2.57 bits per heavy atom. The molecule has 2 rings (SSSR count). The maximum Gasteiger partial charge on any atom is 0.338 e. The minimum absolute atomic E-state index is 0.276. The summed E-state index contributed by atoms with van der Waals surface area (Å²) in [6.45, 7) is 2.78. The van der Waals surface area contributed by atoms with E-state index in [1.165, 1.54) is 0 Å². The summed E-state index contributed by atoms with van der Waals surface area (Å²) in [6, 6.07) is 17.4. The number of aliphatic imine (C=N–C) groups is 1. The van der Waals surface area contributed by atoms with Crippen molar-refractivity contribution in [3.05, 3.63) is 71.3 Å². The fraction of sp³-hybridized carbons (Fsp3) is 0.222. The van der Waals surface area contributed by atoms with Crippen molar-refractivity contribution < 1.29 is 9.53 Å². The molecular weight excluding hydrogens is 262 g/mol. The number of carbonyl (C=O) groups is 1. The molecule has 0 amide bonds. The highest BCUT2D eigenvalue weighted by atomic mass is 16.5. The highest BCUT2D eigenvalue weighted by Crippen LogP contribution is 2.10. The molecule has 3 nitrogen and oxygen atoms in total. The molecule has 0 spiro atoms. The van der Waals surface area contributed by atoms with Crippen molar-refractivity contribution in [1.82, 2.24) is 0 Å². The Labute approximate surface area is 125 Å². The molecule has 21 heavy (non-hydrogen) atoms. The maximum atomic E-state index is 12.0. The van der Waals surface area contributed by atoms with Gasteiger partial charge in [0.15, 0.2) is 0 Å². The molecule has 0 saturated carbocycles. The number of benzene rings is 2. The van der Waals surface area contributed by atoms with E-state index in [0.717, 1.165) is 17.5 Å². The van der Waals surface area contributed by atoms with Gasteiger partial charge in [-0.2, -0.15) is 0 Å². The molecular formula is C18H19NO2. The Kier molecular flexibility index (Phi) is 5.71. The van der Waals surface area contributed by atoms with E-state index in [9.17, 15) is 4.79 Å². The third-order valence-electron chi connectivity index (χ3n) is 3.11. The number of hydrogen-bond donors (Lipinski definition) is 0. The van der Waals surface area contributed by atoms with Crippen molar-refractivity contribution in [3.8, 4) is 0 Å². The molecule has 0 aliphatic carbocycles. The van der Waals surface area contributed by atoms with Gasteiger partial charge in [-0.15, -0.1) is 0 Å². The molecule has 0 atom stereocenters. The lowest BCUT2D eigenvalue weighted by Crippen LogP contribution is -2.10. The molecule has 0 radical (unpaired) electrons. The third-order valence-corrected chi connectivity index (χ3v) is 3.11. The predicted molar refractivity (Wildman–Crippen MR) is 85.0 cm³/mol. The van der Waals surface area contributed by atoms with Crippen LogP contribution in [0.4, 0.5) is 0 Å². The highest BCUT2D eigenvalue weighted by molar-refractivity contribution is 5.91. The van der Waals surface area contributed by atoms with Gasteiger partial charge in [-0.1, -0.05) is 55.5 Å². The summed E-state index contributed by atoms with van der Waals surface area (Å²) in [4.78, 5) is 16.2. The fourth-order valence-corrected chi connectivity index (χ4v) is 2.01. The minimum atomic E-state index is -0.276. The van der Waals surface area contributed by atoms with Gasteiger partial charge in [-0.25, -0.2) is 4.79 Å². The number of carbonyl (C=O) groups excluding carboxylic acids is 1. The van der Waals surface area contributed by atoms with Crippen LogP contribution in [0.15, 0.2) is 59.6 Å². The second-order valence-electron chi connectivity index (χ2n) is 4.59. The van der Waals surface area contributed by atoms with E-state index in [2.05, 4.69) is 4.99 Å². The van der Waals surface area contributed by atoms with Crippen LogP contribution in [0.3, 0.4) is 0 Å². The normalized spacial score (nSPS) is 10.7. The van der Waals surface area contributed by atoms with Crippen molar-refractivity contribution in [3.63, 3.8) is 0 Å². The summed E-state index contributed by atoms with van der Waals surface area (Å²) < 4.78 is 5.26. The average molecular weight is 281 g/mol. The quantitative estimate of drug-likeness (QED) is 0.461. The van der Waals surface area contributed by atoms with Crippen LogP contribution in [0.1, 0.15) is 28.4 Å². The summed E-state index contributed by atoms with van der Waals surface area (Å²) in [5, 5.41) is 0. The van der Waals surface area contributed by atoms with E-state index in [-0.39, 0.29) is 5.97 Å². The van der Waals surface area contributed by atoms with Crippen LogP contribution < -0.4 is 0 Å². The van der Waals surface area contributed by atoms with Gasteiger partial charge in [0.2, 0.25) is 0 Å². The molecule has 2 aromatic carbocycles. The van der Waals surface area contributed by atoms with Crippen LogP contribution in [0, 0.1) is 0 Å². The largest absolute Gasteiger partial charge is 0.460 e. The molecule has 108 valence electrons. The lowest BCUT2D eigenvalue weighted by molar-refractivity contribution is 0.0516. The molecule has 0 unspecified atom stereocenters. The molecule has 0 fully saturated rings. The molecule has 0 heterocycles. The first kappa shape index (κ1) is 15.0. The summed E-state index contributed by atoms with van der Waals surface area (Å²) in [5.41, 5.74) is 2.70. The zero-order valence-electron chi connectivity index (χ0n) is 12.2. The van der Waals surface area contributed by atoms with Crippen molar-refractivity contribution >= 4 is 12.2 Å². The minimum Gasteiger partial charge on any atom is -0.460 e. The smallest absolute Gasteiger partial charge is 0.338 e. The monoisotopic (exact) mass is 281 g/mol. The average Bonchev–Trinajstić information content (AvgIpc) is 2.55.